The minimum absolute atomic E-state index is 0.712. The highest BCUT2D eigenvalue weighted by Gasteiger charge is 2.27. The third kappa shape index (κ3) is 7.61. The van der Waals surface area contributed by atoms with Gasteiger partial charge >= 0.3 is 0 Å². The SMILES string of the molecule is CCCNCC1CCC(C)CC1CCCOCCOC. The van der Waals surface area contributed by atoms with E-state index in [9.17, 15) is 0 Å². The van der Waals surface area contributed by atoms with E-state index in [2.05, 4.69) is 19.2 Å². The molecule has 1 fully saturated rings. The second-order valence-electron chi connectivity index (χ2n) is 6.39. The number of hydrogen-bond donors (Lipinski definition) is 1. The largest absolute Gasteiger partial charge is 0.382 e. The molecule has 0 aromatic rings. The predicted molar refractivity (Wildman–Crippen MR) is 85.1 cm³/mol. The van der Waals surface area contributed by atoms with Crippen LogP contribution in [0.4, 0.5) is 0 Å². The molecular formula is C17H35NO2. The molecule has 0 aliphatic heterocycles. The van der Waals surface area contributed by atoms with Crippen LogP contribution >= 0.6 is 0 Å². The molecule has 0 spiro atoms. The van der Waals surface area contributed by atoms with E-state index < -0.39 is 0 Å². The standard InChI is InChI=1S/C17H35NO2/c1-4-9-18-14-17-8-7-15(2)13-16(17)6-5-10-20-12-11-19-3/h15-18H,4-14H2,1-3H3. The van der Waals surface area contributed by atoms with Gasteiger partial charge in [0.25, 0.3) is 0 Å². The van der Waals surface area contributed by atoms with Crippen LogP contribution in [0, 0.1) is 17.8 Å². The molecule has 3 nitrogen and oxygen atoms in total. The van der Waals surface area contributed by atoms with Gasteiger partial charge in [0, 0.05) is 13.7 Å². The minimum Gasteiger partial charge on any atom is -0.382 e. The van der Waals surface area contributed by atoms with Gasteiger partial charge in [-0.1, -0.05) is 20.3 Å². The van der Waals surface area contributed by atoms with Crippen LogP contribution in [-0.4, -0.2) is 40.0 Å². The molecule has 1 aliphatic carbocycles. The van der Waals surface area contributed by atoms with E-state index in [4.69, 9.17) is 9.47 Å². The molecular weight excluding hydrogens is 250 g/mol. The Morgan fingerprint density at radius 3 is 2.70 bits per heavy atom. The molecule has 1 N–H and O–H groups in total. The monoisotopic (exact) mass is 285 g/mol. The Morgan fingerprint density at radius 1 is 1.10 bits per heavy atom. The summed E-state index contributed by atoms with van der Waals surface area (Å²) in [5.41, 5.74) is 0. The van der Waals surface area contributed by atoms with E-state index >= 15 is 0 Å². The molecule has 120 valence electrons. The summed E-state index contributed by atoms with van der Waals surface area (Å²) in [6.07, 6.45) is 8.01. The van der Waals surface area contributed by atoms with Crippen LogP contribution in [0.3, 0.4) is 0 Å². The van der Waals surface area contributed by atoms with Crippen molar-refractivity contribution < 1.29 is 9.47 Å². The normalized spacial score (nSPS) is 26.9. The molecule has 0 amide bonds. The fourth-order valence-corrected chi connectivity index (χ4v) is 3.34. The van der Waals surface area contributed by atoms with E-state index in [1.165, 1.54) is 51.6 Å². The highest BCUT2D eigenvalue weighted by atomic mass is 16.5. The van der Waals surface area contributed by atoms with Crippen molar-refractivity contribution in [3.63, 3.8) is 0 Å². The highest BCUT2D eigenvalue weighted by Crippen LogP contribution is 2.36. The topological polar surface area (TPSA) is 30.5 Å². The van der Waals surface area contributed by atoms with Gasteiger partial charge < -0.3 is 14.8 Å². The van der Waals surface area contributed by atoms with Gasteiger partial charge in [0.1, 0.15) is 0 Å². The van der Waals surface area contributed by atoms with Gasteiger partial charge in [-0.15, -0.1) is 0 Å². The van der Waals surface area contributed by atoms with Crippen molar-refractivity contribution in [2.45, 2.75) is 52.4 Å². The maximum absolute atomic E-state index is 5.59. The first-order valence-electron chi connectivity index (χ1n) is 8.55. The van der Waals surface area contributed by atoms with Crippen LogP contribution in [0.2, 0.25) is 0 Å². The molecule has 3 unspecified atom stereocenters. The van der Waals surface area contributed by atoms with E-state index in [1.54, 1.807) is 7.11 Å². The quantitative estimate of drug-likeness (QED) is 0.590. The summed E-state index contributed by atoms with van der Waals surface area (Å²) in [5.74, 6) is 2.70. The van der Waals surface area contributed by atoms with Crippen LogP contribution in [0.1, 0.15) is 52.4 Å². The van der Waals surface area contributed by atoms with Crippen LogP contribution in [0.15, 0.2) is 0 Å². The summed E-state index contributed by atoms with van der Waals surface area (Å²) in [4.78, 5) is 0. The minimum atomic E-state index is 0.712. The molecule has 1 aliphatic rings. The molecule has 3 atom stereocenters. The van der Waals surface area contributed by atoms with E-state index in [1.807, 2.05) is 0 Å². The first kappa shape index (κ1) is 17.9. The number of nitrogens with one attached hydrogen (secondary N) is 1. The summed E-state index contributed by atoms with van der Waals surface area (Å²) < 4.78 is 10.6. The lowest BCUT2D eigenvalue weighted by atomic mass is 9.73. The van der Waals surface area contributed by atoms with Crippen molar-refractivity contribution in [2.24, 2.45) is 17.8 Å². The van der Waals surface area contributed by atoms with E-state index in [0.717, 1.165) is 31.0 Å². The van der Waals surface area contributed by atoms with E-state index in [-0.39, 0.29) is 0 Å². The number of ether oxygens (including phenoxy) is 2. The lowest BCUT2D eigenvalue weighted by molar-refractivity contribution is 0.0632. The molecule has 0 aromatic heterocycles. The maximum Gasteiger partial charge on any atom is 0.0700 e. The molecule has 20 heavy (non-hydrogen) atoms. The molecule has 3 heteroatoms. The molecule has 0 aromatic carbocycles. The second-order valence-corrected chi connectivity index (χ2v) is 6.39. The molecule has 0 heterocycles. The number of rotatable bonds is 11. The van der Waals surface area contributed by atoms with E-state index in [0.29, 0.717) is 6.61 Å². The van der Waals surface area contributed by atoms with Gasteiger partial charge in [0.05, 0.1) is 13.2 Å². The van der Waals surface area contributed by atoms with Crippen molar-refractivity contribution in [3.8, 4) is 0 Å². The fraction of sp³-hybridized carbons (Fsp3) is 1.00. The van der Waals surface area contributed by atoms with Gasteiger partial charge in [0.15, 0.2) is 0 Å². The van der Waals surface area contributed by atoms with Crippen molar-refractivity contribution in [1.82, 2.24) is 5.32 Å². The average Bonchev–Trinajstić information content (AvgIpc) is 2.45. The van der Waals surface area contributed by atoms with Crippen LogP contribution in [0.5, 0.6) is 0 Å². The molecule has 1 saturated carbocycles. The first-order chi connectivity index (χ1) is 9.77. The first-order valence-corrected chi connectivity index (χ1v) is 8.55. The van der Waals surface area contributed by atoms with Crippen molar-refractivity contribution in [3.05, 3.63) is 0 Å². The Bertz CT molecular complexity index is 223. The zero-order valence-corrected chi connectivity index (χ0v) is 13.8. The Hall–Kier alpha value is -0.120. The zero-order valence-electron chi connectivity index (χ0n) is 13.8. The summed E-state index contributed by atoms with van der Waals surface area (Å²) in [5, 5.41) is 3.62. The zero-order chi connectivity index (χ0) is 14.6. The Morgan fingerprint density at radius 2 is 1.95 bits per heavy atom. The molecule has 0 bridgehead atoms. The fourth-order valence-electron chi connectivity index (χ4n) is 3.34. The van der Waals surface area contributed by atoms with Crippen molar-refractivity contribution >= 4 is 0 Å². The Kier molecular flexibility index (Phi) is 10.3. The van der Waals surface area contributed by atoms with Gasteiger partial charge in [-0.2, -0.15) is 0 Å². The maximum atomic E-state index is 5.59. The lowest BCUT2D eigenvalue weighted by Crippen LogP contribution is -2.33. The molecule has 0 radical (unpaired) electrons. The summed E-state index contributed by atoms with van der Waals surface area (Å²) in [6, 6.07) is 0. The Balaban J connectivity index is 2.18. The Labute approximate surface area is 125 Å². The van der Waals surface area contributed by atoms with Crippen LogP contribution in [-0.2, 0) is 9.47 Å². The number of methoxy groups -OCH3 is 1. The lowest BCUT2D eigenvalue weighted by Gasteiger charge is -2.35. The third-order valence-corrected chi connectivity index (χ3v) is 4.53. The average molecular weight is 285 g/mol. The van der Waals surface area contributed by atoms with Gasteiger partial charge in [-0.05, 0) is 62.9 Å². The summed E-state index contributed by atoms with van der Waals surface area (Å²) >= 11 is 0. The smallest absolute Gasteiger partial charge is 0.0700 e. The highest BCUT2D eigenvalue weighted by molar-refractivity contribution is 4.80. The predicted octanol–water partition coefficient (Wildman–Crippen LogP) is 3.48. The number of hydrogen-bond acceptors (Lipinski definition) is 3. The molecule has 1 rings (SSSR count). The van der Waals surface area contributed by atoms with Crippen LogP contribution in [0.25, 0.3) is 0 Å². The van der Waals surface area contributed by atoms with Crippen LogP contribution < -0.4 is 5.32 Å². The van der Waals surface area contributed by atoms with Crippen molar-refractivity contribution in [1.29, 1.82) is 0 Å². The van der Waals surface area contributed by atoms with Crippen molar-refractivity contribution in [2.75, 3.05) is 40.0 Å². The van der Waals surface area contributed by atoms with Gasteiger partial charge in [-0.25, -0.2) is 0 Å². The van der Waals surface area contributed by atoms with Gasteiger partial charge in [0.2, 0.25) is 0 Å². The van der Waals surface area contributed by atoms with Gasteiger partial charge in [-0.3, -0.25) is 0 Å². The third-order valence-electron chi connectivity index (χ3n) is 4.53. The summed E-state index contributed by atoms with van der Waals surface area (Å²) in [6.45, 7) is 9.38. The second kappa shape index (κ2) is 11.5. The summed E-state index contributed by atoms with van der Waals surface area (Å²) in [7, 11) is 1.72. The molecule has 0 saturated heterocycles.